The molecule has 0 spiro atoms. The third-order valence-corrected chi connectivity index (χ3v) is 7.58. The standard InChI is InChI=1S/C30H30N4O3/c35-28(32-30(15-20-37-21-16-30)24-8-2-1-3-9-24)27-31-26(25-10-4-5-19-34(25)27)22-11-13-23(14-12-22)29(36)33-17-6-7-18-33/h1-5,8-14,19H,6-7,15-18,20-21H2,(H,32,35). The van der Waals surface area contributed by atoms with Crippen molar-refractivity contribution in [1.29, 1.82) is 0 Å². The van der Waals surface area contributed by atoms with Gasteiger partial charge in [-0.1, -0.05) is 48.5 Å². The van der Waals surface area contributed by atoms with Gasteiger partial charge in [0.2, 0.25) is 5.82 Å². The van der Waals surface area contributed by atoms with Crippen molar-refractivity contribution in [3.8, 4) is 11.3 Å². The molecular weight excluding hydrogens is 464 g/mol. The SMILES string of the molecule is O=C(NC1(c2ccccc2)CCOCC1)c1nc(-c2ccc(C(=O)N3CCCC3)cc2)c2ccccn12. The predicted octanol–water partition coefficient (Wildman–Crippen LogP) is 4.67. The highest BCUT2D eigenvalue weighted by Crippen LogP contribution is 2.33. The second kappa shape index (κ2) is 9.82. The number of benzene rings is 2. The van der Waals surface area contributed by atoms with Crippen LogP contribution >= 0.6 is 0 Å². The first-order valence-electron chi connectivity index (χ1n) is 13.0. The van der Waals surface area contributed by atoms with Crippen LogP contribution in [0.2, 0.25) is 0 Å². The molecule has 4 heterocycles. The first-order valence-corrected chi connectivity index (χ1v) is 13.0. The molecule has 0 unspecified atom stereocenters. The zero-order valence-electron chi connectivity index (χ0n) is 20.7. The topological polar surface area (TPSA) is 75.9 Å². The van der Waals surface area contributed by atoms with Crippen molar-refractivity contribution in [3.63, 3.8) is 0 Å². The fraction of sp³-hybridized carbons (Fsp3) is 0.300. The number of pyridine rings is 1. The summed E-state index contributed by atoms with van der Waals surface area (Å²) in [5, 5.41) is 3.32. The average molecular weight is 495 g/mol. The van der Waals surface area contributed by atoms with E-state index in [2.05, 4.69) is 17.4 Å². The Labute approximate surface area is 216 Å². The monoisotopic (exact) mass is 494 g/mol. The molecule has 2 aliphatic heterocycles. The van der Waals surface area contributed by atoms with Crippen LogP contribution in [0.25, 0.3) is 16.8 Å². The zero-order chi connectivity index (χ0) is 25.2. The smallest absolute Gasteiger partial charge is 0.288 e. The van der Waals surface area contributed by atoms with E-state index in [9.17, 15) is 9.59 Å². The van der Waals surface area contributed by atoms with E-state index in [-0.39, 0.29) is 11.8 Å². The Balaban J connectivity index is 1.33. The third-order valence-electron chi connectivity index (χ3n) is 7.58. The second-order valence-electron chi connectivity index (χ2n) is 9.83. The predicted molar refractivity (Wildman–Crippen MR) is 141 cm³/mol. The number of carbonyl (C=O) groups excluding carboxylic acids is 2. The summed E-state index contributed by atoms with van der Waals surface area (Å²) >= 11 is 0. The van der Waals surface area contributed by atoms with Gasteiger partial charge in [0.25, 0.3) is 11.8 Å². The second-order valence-corrected chi connectivity index (χ2v) is 9.83. The van der Waals surface area contributed by atoms with Gasteiger partial charge in [0.1, 0.15) is 0 Å². The summed E-state index contributed by atoms with van der Waals surface area (Å²) in [5.74, 6) is 0.185. The Morgan fingerprint density at radius 3 is 2.30 bits per heavy atom. The molecule has 7 nitrogen and oxygen atoms in total. The first kappa shape index (κ1) is 23.4. The van der Waals surface area contributed by atoms with Crippen LogP contribution in [0.3, 0.4) is 0 Å². The summed E-state index contributed by atoms with van der Waals surface area (Å²) in [6.45, 7) is 2.82. The number of fused-ring (bicyclic) bond motifs is 1. The number of carbonyl (C=O) groups is 2. The number of likely N-dealkylation sites (tertiary alicyclic amines) is 1. The number of imidazole rings is 1. The Morgan fingerprint density at radius 1 is 0.865 bits per heavy atom. The zero-order valence-corrected chi connectivity index (χ0v) is 20.7. The van der Waals surface area contributed by atoms with Crippen molar-refractivity contribution in [2.45, 2.75) is 31.2 Å². The maximum absolute atomic E-state index is 13.8. The van der Waals surface area contributed by atoms with Gasteiger partial charge in [-0.05, 0) is 55.5 Å². The van der Waals surface area contributed by atoms with E-state index in [1.807, 2.05) is 76.2 Å². The first-order chi connectivity index (χ1) is 18.1. The fourth-order valence-electron chi connectivity index (χ4n) is 5.52. The van der Waals surface area contributed by atoms with Crippen molar-refractivity contribution in [1.82, 2.24) is 19.6 Å². The molecule has 2 aromatic carbocycles. The minimum absolute atomic E-state index is 0.0708. The highest BCUT2D eigenvalue weighted by Gasteiger charge is 2.37. The van der Waals surface area contributed by atoms with Crippen LogP contribution in [-0.4, -0.2) is 52.4 Å². The van der Waals surface area contributed by atoms with Gasteiger partial charge in [0, 0.05) is 43.6 Å². The van der Waals surface area contributed by atoms with Crippen LogP contribution in [0.5, 0.6) is 0 Å². The lowest BCUT2D eigenvalue weighted by atomic mass is 9.82. The number of nitrogens with one attached hydrogen (secondary N) is 1. The van der Waals surface area contributed by atoms with E-state index >= 15 is 0 Å². The van der Waals surface area contributed by atoms with Crippen LogP contribution < -0.4 is 5.32 Å². The van der Waals surface area contributed by atoms with Crippen LogP contribution in [0.1, 0.15) is 52.2 Å². The Morgan fingerprint density at radius 2 is 1.57 bits per heavy atom. The number of aromatic nitrogens is 2. The van der Waals surface area contributed by atoms with E-state index in [4.69, 9.17) is 9.72 Å². The van der Waals surface area contributed by atoms with E-state index in [0.717, 1.165) is 42.6 Å². The quantitative estimate of drug-likeness (QED) is 0.437. The van der Waals surface area contributed by atoms with Crippen molar-refractivity contribution in [2.24, 2.45) is 0 Å². The molecule has 0 aliphatic carbocycles. The van der Waals surface area contributed by atoms with Crippen LogP contribution in [0, 0.1) is 0 Å². The molecule has 0 saturated carbocycles. The molecule has 0 radical (unpaired) electrons. The van der Waals surface area contributed by atoms with Crippen molar-refractivity contribution >= 4 is 17.3 Å². The van der Waals surface area contributed by atoms with Gasteiger partial charge >= 0.3 is 0 Å². The van der Waals surface area contributed by atoms with Crippen molar-refractivity contribution in [3.05, 3.63) is 95.9 Å². The highest BCUT2D eigenvalue weighted by molar-refractivity contribution is 5.96. The van der Waals surface area contributed by atoms with E-state index in [0.29, 0.717) is 43.1 Å². The van der Waals surface area contributed by atoms with Crippen LogP contribution in [0.15, 0.2) is 79.0 Å². The molecule has 2 aliphatic rings. The molecule has 37 heavy (non-hydrogen) atoms. The molecule has 0 bridgehead atoms. The van der Waals surface area contributed by atoms with E-state index < -0.39 is 5.54 Å². The third kappa shape index (κ3) is 4.40. The molecule has 1 N–H and O–H groups in total. The molecule has 4 aromatic rings. The lowest BCUT2D eigenvalue weighted by Gasteiger charge is -2.38. The molecule has 2 aromatic heterocycles. The van der Waals surface area contributed by atoms with Gasteiger partial charge in [-0.25, -0.2) is 4.98 Å². The maximum atomic E-state index is 13.8. The summed E-state index contributed by atoms with van der Waals surface area (Å²) in [5.41, 5.74) is 3.67. The largest absolute Gasteiger partial charge is 0.381 e. The van der Waals surface area contributed by atoms with E-state index in [1.54, 1.807) is 0 Å². The molecule has 0 atom stereocenters. The molecule has 2 fully saturated rings. The number of amides is 2. The number of hydrogen-bond acceptors (Lipinski definition) is 4. The fourth-order valence-corrected chi connectivity index (χ4v) is 5.52. The van der Waals surface area contributed by atoms with Crippen molar-refractivity contribution in [2.75, 3.05) is 26.3 Å². The highest BCUT2D eigenvalue weighted by atomic mass is 16.5. The summed E-state index contributed by atoms with van der Waals surface area (Å²) < 4.78 is 7.46. The van der Waals surface area contributed by atoms with Crippen LogP contribution in [-0.2, 0) is 10.3 Å². The van der Waals surface area contributed by atoms with Crippen molar-refractivity contribution < 1.29 is 14.3 Å². The lowest BCUT2D eigenvalue weighted by Crippen LogP contribution is -2.49. The summed E-state index contributed by atoms with van der Waals surface area (Å²) in [6, 6.07) is 23.5. The minimum Gasteiger partial charge on any atom is -0.381 e. The van der Waals surface area contributed by atoms with Gasteiger partial charge in [0.05, 0.1) is 16.7 Å². The Hall–Kier alpha value is -3.97. The van der Waals surface area contributed by atoms with Gasteiger partial charge in [-0.3, -0.25) is 14.0 Å². The van der Waals surface area contributed by atoms with Gasteiger partial charge < -0.3 is 15.0 Å². The van der Waals surface area contributed by atoms with Gasteiger partial charge in [-0.15, -0.1) is 0 Å². The normalized spacial score (nSPS) is 17.1. The van der Waals surface area contributed by atoms with E-state index in [1.165, 1.54) is 0 Å². The average Bonchev–Trinajstić information content (AvgIpc) is 3.63. The van der Waals surface area contributed by atoms with Gasteiger partial charge in [0.15, 0.2) is 0 Å². The summed E-state index contributed by atoms with van der Waals surface area (Å²) in [6.07, 6.45) is 5.39. The molecular formula is C30H30N4O3. The molecule has 2 saturated heterocycles. The number of ether oxygens (including phenoxy) is 1. The molecule has 6 rings (SSSR count). The van der Waals surface area contributed by atoms with Gasteiger partial charge in [-0.2, -0.15) is 0 Å². The summed E-state index contributed by atoms with van der Waals surface area (Å²) in [4.78, 5) is 33.3. The molecule has 188 valence electrons. The Bertz CT molecular complexity index is 1420. The lowest BCUT2D eigenvalue weighted by molar-refractivity contribution is 0.0342. The Kier molecular flexibility index (Phi) is 6.22. The molecule has 2 amide bonds. The number of nitrogens with zero attached hydrogens (tertiary/aromatic N) is 3. The summed E-state index contributed by atoms with van der Waals surface area (Å²) in [7, 11) is 0. The number of rotatable bonds is 5. The minimum atomic E-state index is -0.505. The number of hydrogen-bond donors (Lipinski definition) is 1. The van der Waals surface area contributed by atoms with Crippen LogP contribution in [0.4, 0.5) is 0 Å². The molecule has 7 heteroatoms. The maximum Gasteiger partial charge on any atom is 0.288 e.